The second kappa shape index (κ2) is 8.17. The lowest BCUT2D eigenvalue weighted by Crippen LogP contribution is -2.38. The molecule has 1 aliphatic carbocycles. The Labute approximate surface area is 175 Å². The number of rotatable bonds is 4. The number of nitrogens with one attached hydrogen (secondary N) is 1. The number of hydrogen-bond acceptors (Lipinski definition) is 2. The van der Waals surface area contributed by atoms with Crippen molar-refractivity contribution in [1.29, 1.82) is 0 Å². The quantitative estimate of drug-likeness (QED) is 0.791. The van der Waals surface area contributed by atoms with Gasteiger partial charge in [-0.05, 0) is 79.5 Å². The van der Waals surface area contributed by atoms with Gasteiger partial charge in [-0.3, -0.25) is 9.59 Å². The van der Waals surface area contributed by atoms with Crippen molar-refractivity contribution in [2.75, 3.05) is 13.1 Å². The summed E-state index contributed by atoms with van der Waals surface area (Å²) in [6.07, 6.45) is 3.70. The molecule has 2 aromatic rings. The van der Waals surface area contributed by atoms with Crippen molar-refractivity contribution < 1.29 is 18.4 Å². The molecule has 1 aliphatic heterocycles. The molecule has 30 heavy (non-hydrogen) atoms. The molecule has 0 bridgehead atoms. The Morgan fingerprint density at radius 3 is 2.33 bits per heavy atom. The van der Waals surface area contributed by atoms with E-state index in [1.54, 1.807) is 24.0 Å². The molecule has 0 radical (unpaired) electrons. The number of carbonyl (C=O) groups excluding carboxylic acids is 2. The zero-order valence-electron chi connectivity index (χ0n) is 17.3. The summed E-state index contributed by atoms with van der Waals surface area (Å²) in [6.45, 7) is 5.00. The van der Waals surface area contributed by atoms with Crippen LogP contribution in [0.5, 0.6) is 0 Å². The van der Waals surface area contributed by atoms with E-state index in [-0.39, 0.29) is 29.0 Å². The smallest absolute Gasteiger partial charge is 0.256 e. The molecule has 4 rings (SSSR count). The SMILES string of the molecule is Cc1c(F)cc(C(=O)NC2CC2)cc1-c1ccc(C(=O)N2CCC(C)CC2)c(F)c1. The first-order valence-corrected chi connectivity index (χ1v) is 10.5. The molecule has 0 unspecified atom stereocenters. The summed E-state index contributed by atoms with van der Waals surface area (Å²) in [5.74, 6) is -1.22. The van der Waals surface area contributed by atoms with Crippen molar-refractivity contribution in [2.24, 2.45) is 5.92 Å². The van der Waals surface area contributed by atoms with Gasteiger partial charge in [-0.25, -0.2) is 8.78 Å². The predicted molar refractivity (Wildman–Crippen MR) is 111 cm³/mol. The summed E-state index contributed by atoms with van der Waals surface area (Å²) < 4.78 is 29.4. The Kier molecular flexibility index (Phi) is 5.58. The molecule has 0 atom stereocenters. The summed E-state index contributed by atoms with van der Waals surface area (Å²) in [4.78, 5) is 26.8. The maximum absolute atomic E-state index is 14.9. The van der Waals surface area contributed by atoms with Crippen LogP contribution >= 0.6 is 0 Å². The Morgan fingerprint density at radius 2 is 1.70 bits per heavy atom. The fourth-order valence-electron chi connectivity index (χ4n) is 3.84. The Hall–Kier alpha value is -2.76. The van der Waals surface area contributed by atoms with E-state index < -0.39 is 11.6 Å². The molecule has 2 fully saturated rings. The minimum Gasteiger partial charge on any atom is -0.349 e. The fraction of sp³-hybridized carbons (Fsp3) is 0.417. The van der Waals surface area contributed by atoms with E-state index in [2.05, 4.69) is 12.2 Å². The van der Waals surface area contributed by atoms with Crippen molar-refractivity contribution in [3.63, 3.8) is 0 Å². The third-order valence-electron chi connectivity index (χ3n) is 6.10. The number of benzene rings is 2. The average Bonchev–Trinajstić information content (AvgIpc) is 3.54. The van der Waals surface area contributed by atoms with Crippen LogP contribution in [0.2, 0.25) is 0 Å². The Bertz CT molecular complexity index is 993. The minimum absolute atomic E-state index is 0.0223. The predicted octanol–water partition coefficient (Wildman–Crippen LogP) is 4.70. The standard InChI is InChI=1S/C24H26F2N2O2/c1-14-7-9-28(10-8-14)24(30)19-6-3-16(12-22(19)26)20-11-17(13-21(25)15(20)2)23(29)27-18-4-5-18/h3,6,11-14,18H,4-5,7-10H2,1-2H3,(H,27,29). The average molecular weight is 412 g/mol. The molecular weight excluding hydrogens is 386 g/mol. The zero-order valence-corrected chi connectivity index (χ0v) is 17.3. The molecule has 1 heterocycles. The van der Waals surface area contributed by atoms with E-state index in [1.807, 2.05) is 0 Å². The molecule has 6 heteroatoms. The van der Waals surface area contributed by atoms with Gasteiger partial charge in [-0.1, -0.05) is 13.0 Å². The summed E-state index contributed by atoms with van der Waals surface area (Å²) in [5.41, 5.74) is 1.45. The van der Waals surface area contributed by atoms with Crippen LogP contribution in [0.15, 0.2) is 30.3 Å². The lowest BCUT2D eigenvalue weighted by atomic mass is 9.95. The van der Waals surface area contributed by atoms with E-state index in [9.17, 15) is 18.4 Å². The number of carbonyl (C=O) groups is 2. The number of hydrogen-bond donors (Lipinski definition) is 1. The number of nitrogens with zero attached hydrogens (tertiary/aromatic N) is 1. The first-order valence-electron chi connectivity index (χ1n) is 10.5. The van der Waals surface area contributed by atoms with Gasteiger partial charge in [0.05, 0.1) is 5.56 Å². The molecule has 2 aromatic carbocycles. The van der Waals surface area contributed by atoms with Gasteiger partial charge < -0.3 is 10.2 Å². The lowest BCUT2D eigenvalue weighted by molar-refractivity contribution is 0.0692. The van der Waals surface area contributed by atoms with Crippen LogP contribution in [-0.2, 0) is 0 Å². The van der Waals surface area contributed by atoms with Gasteiger partial charge in [-0.2, -0.15) is 0 Å². The largest absolute Gasteiger partial charge is 0.349 e. The Morgan fingerprint density at radius 1 is 1.00 bits per heavy atom. The van der Waals surface area contributed by atoms with Crippen LogP contribution in [0.1, 0.15) is 58.9 Å². The second-order valence-electron chi connectivity index (χ2n) is 8.55. The van der Waals surface area contributed by atoms with Gasteiger partial charge in [0.1, 0.15) is 11.6 Å². The van der Waals surface area contributed by atoms with Crippen LogP contribution in [0.25, 0.3) is 11.1 Å². The van der Waals surface area contributed by atoms with Crippen LogP contribution in [0.4, 0.5) is 8.78 Å². The van der Waals surface area contributed by atoms with E-state index >= 15 is 0 Å². The summed E-state index contributed by atoms with van der Waals surface area (Å²) >= 11 is 0. The van der Waals surface area contributed by atoms with Gasteiger partial charge in [0.2, 0.25) is 0 Å². The van der Waals surface area contributed by atoms with Crippen LogP contribution in [-0.4, -0.2) is 35.8 Å². The van der Waals surface area contributed by atoms with Crippen LogP contribution < -0.4 is 5.32 Å². The molecule has 1 saturated carbocycles. The van der Waals surface area contributed by atoms with Crippen molar-refractivity contribution in [3.05, 3.63) is 58.7 Å². The monoisotopic (exact) mass is 412 g/mol. The maximum Gasteiger partial charge on any atom is 0.256 e. The fourth-order valence-corrected chi connectivity index (χ4v) is 3.84. The molecule has 158 valence electrons. The number of halogens is 2. The van der Waals surface area contributed by atoms with Crippen molar-refractivity contribution in [1.82, 2.24) is 10.2 Å². The molecule has 2 aliphatic rings. The highest BCUT2D eigenvalue weighted by molar-refractivity contribution is 5.97. The minimum atomic E-state index is -0.635. The third-order valence-corrected chi connectivity index (χ3v) is 6.10. The molecule has 2 amide bonds. The van der Waals surface area contributed by atoms with Gasteiger partial charge >= 0.3 is 0 Å². The van der Waals surface area contributed by atoms with Crippen LogP contribution in [0.3, 0.4) is 0 Å². The number of likely N-dealkylation sites (tertiary alicyclic amines) is 1. The molecule has 4 nitrogen and oxygen atoms in total. The van der Waals surface area contributed by atoms with Crippen molar-refractivity contribution >= 4 is 11.8 Å². The second-order valence-corrected chi connectivity index (χ2v) is 8.55. The summed E-state index contributed by atoms with van der Waals surface area (Å²) in [7, 11) is 0. The third kappa shape index (κ3) is 4.23. The highest BCUT2D eigenvalue weighted by Gasteiger charge is 2.26. The highest BCUT2D eigenvalue weighted by Crippen LogP contribution is 2.30. The van der Waals surface area contributed by atoms with E-state index in [1.165, 1.54) is 18.2 Å². The van der Waals surface area contributed by atoms with Gasteiger partial charge in [0.25, 0.3) is 11.8 Å². The zero-order chi connectivity index (χ0) is 21.4. The van der Waals surface area contributed by atoms with E-state index in [0.29, 0.717) is 35.7 Å². The first-order chi connectivity index (χ1) is 14.3. The van der Waals surface area contributed by atoms with Gasteiger partial charge in [0, 0.05) is 24.7 Å². The lowest BCUT2D eigenvalue weighted by Gasteiger charge is -2.30. The first kappa shape index (κ1) is 20.5. The van der Waals surface area contributed by atoms with E-state index in [4.69, 9.17) is 0 Å². The molecule has 0 aromatic heterocycles. The van der Waals surface area contributed by atoms with Crippen molar-refractivity contribution in [2.45, 2.75) is 45.6 Å². The van der Waals surface area contributed by atoms with Gasteiger partial charge in [0.15, 0.2) is 0 Å². The normalized spacial score (nSPS) is 17.1. The summed E-state index contributed by atoms with van der Waals surface area (Å²) in [6, 6.07) is 7.28. The van der Waals surface area contributed by atoms with E-state index in [0.717, 1.165) is 25.7 Å². The summed E-state index contributed by atoms with van der Waals surface area (Å²) in [5, 5.41) is 2.84. The van der Waals surface area contributed by atoms with Crippen LogP contribution in [0, 0.1) is 24.5 Å². The molecular formula is C24H26F2N2O2. The number of amides is 2. The maximum atomic E-state index is 14.9. The molecule has 1 N–H and O–H groups in total. The van der Waals surface area contributed by atoms with Crippen molar-refractivity contribution in [3.8, 4) is 11.1 Å². The number of piperidine rings is 1. The molecule has 0 spiro atoms. The highest BCUT2D eigenvalue weighted by atomic mass is 19.1. The topological polar surface area (TPSA) is 49.4 Å². The Balaban J connectivity index is 1.61. The van der Waals surface area contributed by atoms with Gasteiger partial charge in [-0.15, -0.1) is 0 Å². The molecule has 1 saturated heterocycles.